The number of benzene rings is 1. The Bertz CT molecular complexity index is 871. The fraction of sp³-hybridized carbons (Fsp3) is 0.522. The molecular weight excluding hydrogens is 369 g/mol. The van der Waals surface area contributed by atoms with Crippen molar-refractivity contribution in [1.82, 2.24) is 14.8 Å². The van der Waals surface area contributed by atoms with E-state index in [0.29, 0.717) is 24.3 Å². The van der Waals surface area contributed by atoms with E-state index < -0.39 is 0 Å². The number of hydrogen-bond donors (Lipinski definition) is 1. The van der Waals surface area contributed by atoms with Gasteiger partial charge in [0, 0.05) is 37.4 Å². The monoisotopic (exact) mass is 399 g/mol. The summed E-state index contributed by atoms with van der Waals surface area (Å²) in [6.45, 7) is 7.19. The lowest BCUT2D eigenvalue weighted by molar-refractivity contribution is 0.0383. The first-order chi connectivity index (χ1) is 14.1. The molecule has 5 nitrogen and oxygen atoms in total. The van der Waals surface area contributed by atoms with Crippen LogP contribution in [0.5, 0.6) is 0 Å². The summed E-state index contributed by atoms with van der Waals surface area (Å²) >= 11 is 0. The maximum Gasteiger partial charge on any atom is 0.268 e. The smallest absolute Gasteiger partial charge is 0.268 e. The number of ether oxygens (including phenoxy) is 1. The highest BCUT2D eigenvalue weighted by Crippen LogP contribution is 2.30. The van der Waals surface area contributed by atoms with Gasteiger partial charge in [-0.05, 0) is 49.8 Å². The maximum absolute atomic E-state index is 14.3. The van der Waals surface area contributed by atoms with Gasteiger partial charge in [0.15, 0.2) is 0 Å². The number of fused-ring (bicyclic) bond motifs is 1. The van der Waals surface area contributed by atoms with Gasteiger partial charge in [-0.25, -0.2) is 4.39 Å². The molecule has 1 aromatic heterocycles. The second kappa shape index (κ2) is 9.09. The first-order valence-corrected chi connectivity index (χ1v) is 10.7. The van der Waals surface area contributed by atoms with Crippen molar-refractivity contribution in [3.8, 4) is 0 Å². The van der Waals surface area contributed by atoms with Gasteiger partial charge in [-0.1, -0.05) is 18.2 Å². The number of rotatable bonds is 6. The van der Waals surface area contributed by atoms with Crippen LogP contribution in [0.3, 0.4) is 0 Å². The average molecular weight is 400 g/mol. The minimum atomic E-state index is -0.220. The zero-order valence-corrected chi connectivity index (χ0v) is 17.2. The molecule has 1 aromatic carbocycles. The average Bonchev–Trinajstić information content (AvgIpc) is 3.02. The fourth-order valence-electron chi connectivity index (χ4n) is 4.57. The van der Waals surface area contributed by atoms with Crippen molar-refractivity contribution in [3.63, 3.8) is 0 Å². The topological polar surface area (TPSA) is 46.5 Å². The van der Waals surface area contributed by atoms with Gasteiger partial charge in [0.05, 0.1) is 19.8 Å². The minimum absolute atomic E-state index is 0.0542. The summed E-state index contributed by atoms with van der Waals surface area (Å²) in [4.78, 5) is 15.5. The van der Waals surface area contributed by atoms with Crippen LogP contribution < -0.4 is 5.32 Å². The van der Waals surface area contributed by atoms with Gasteiger partial charge in [-0.2, -0.15) is 0 Å². The molecule has 1 saturated heterocycles. The molecule has 0 unspecified atom stereocenters. The summed E-state index contributed by atoms with van der Waals surface area (Å²) in [5, 5.41) is 3.10. The Morgan fingerprint density at radius 3 is 2.72 bits per heavy atom. The normalized spacial score (nSPS) is 17.2. The predicted molar refractivity (Wildman–Crippen MR) is 111 cm³/mol. The molecule has 4 rings (SSSR count). The molecule has 1 N–H and O–H groups in total. The molecule has 156 valence electrons. The standard InChI is InChI=1S/C23H30FN3O2/c1-17-19-7-3-5-9-21(19)27(16-18-6-2-4-8-20(18)24)22(17)23(28)25-10-11-26-12-14-29-15-13-26/h2,4,6,8H,3,5,7,9-16H2,1H3,(H,25,28). The molecule has 2 aliphatic rings. The first-order valence-electron chi connectivity index (χ1n) is 10.7. The minimum Gasteiger partial charge on any atom is -0.379 e. The Kier molecular flexibility index (Phi) is 6.31. The van der Waals surface area contributed by atoms with E-state index in [4.69, 9.17) is 4.74 Å². The van der Waals surface area contributed by atoms with Crippen LogP contribution in [0, 0.1) is 12.7 Å². The number of amides is 1. The number of nitrogens with one attached hydrogen (secondary N) is 1. The summed E-state index contributed by atoms with van der Waals surface area (Å²) in [5.41, 5.74) is 4.86. The molecule has 1 aliphatic carbocycles. The highest BCUT2D eigenvalue weighted by Gasteiger charge is 2.26. The lowest BCUT2D eigenvalue weighted by Crippen LogP contribution is -2.41. The van der Waals surface area contributed by atoms with Crippen molar-refractivity contribution in [3.05, 3.63) is 58.2 Å². The molecule has 0 bridgehead atoms. The van der Waals surface area contributed by atoms with E-state index in [0.717, 1.165) is 64.1 Å². The Labute approximate surface area is 171 Å². The Balaban J connectivity index is 1.55. The van der Waals surface area contributed by atoms with E-state index in [1.165, 1.54) is 17.3 Å². The van der Waals surface area contributed by atoms with Gasteiger partial charge in [-0.15, -0.1) is 0 Å². The van der Waals surface area contributed by atoms with Crippen LogP contribution in [0.4, 0.5) is 4.39 Å². The molecule has 6 heteroatoms. The molecule has 1 fully saturated rings. The molecule has 0 atom stereocenters. The van der Waals surface area contributed by atoms with E-state index in [-0.39, 0.29) is 11.7 Å². The third-order valence-corrected chi connectivity index (χ3v) is 6.16. The number of aromatic nitrogens is 1. The van der Waals surface area contributed by atoms with Crippen molar-refractivity contribution < 1.29 is 13.9 Å². The lowest BCUT2D eigenvalue weighted by Gasteiger charge is -2.26. The number of halogens is 1. The molecule has 2 heterocycles. The van der Waals surface area contributed by atoms with E-state index in [1.807, 2.05) is 13.0 Å². The second-order valence-electron chi connectivity index (χ2n) is 7.99. The largest absolute Gasteiger partial charge is 0.379 e. The Hall–Kier alpha value is -2.18. The summed E-state index contributed by atoms with van der Waals surface area (Å²) in [6, 6.07) is 6.85. The zero-order chi connectivity index (χ0) is 20.2. The van der Waals surface area contributed by atoms with Gasteiger partial charge in [0.2, 0.25) is 0 Å². The summed E-state index contributed by atoms with van der Waals surface area (Å²) in [5.74, 6) is -0.274. The molecule has 29 heavy (non-hydrogen) atoms. The van der Waals surface area contributed by atoms with E-state index in [2.05, 4.69) is 14.8 Å². The van der Waals surface area contributed by atoms with Crippen molar-refractivity contribution in [2.24, 2.45) is 0 Å². The van der Waals surface area contributed by atoms with E-state index in [9.17, 15) is 9.18 Å². The van der Waals surface area contributed by atoms with Gasteiger partial charge in [0.25, 0.3) is 5.91 Å². The quantitative estimate of drug-likeness (QED) is 0.813. The van der Waals surface area contributed by atoms with E-state index >= 15 is 0 Å². The third kappa shape index (κ3) is 4.38. The lowest BCUT2D eigenvalue weighted by atomic mass is 9.95. The van der Waals surface area contributed by atoms with Crippen LogP contribution in [-0.2, 0) is 24.1 Å². The Morgan fingerprint density at radius 1 is 1.17 bits per heavy atom. The van der Waals surface area contributed by atoms with Crippen LogP contribution in [-0.4, -0.2) is 54.8 Å². The number of nitrogens with zero attached hydrogens (tertiary/aromatic N) is 2. The van der Waals surface area contributed by atoms with Gasteiger partial charge < -0.3 is 14.6 Å². The molecule has 0 radical (unpaired) electrons. The molecule has 0 saturated carbocycles. The van der Waals surface area contributed by atoms with Crippen molar-refractivity contribution >= 4 is 5.91 Å². The van der Waals surface area contributed by atoms with Crippen molar-refractivity contribution in [2.45, 2.75) is 39.2 Å². The number of hydrogen-bond acceptors (Lipinski definition) is 3. The molecule has 1 aliphatic heterocycles. The van der Waals surface area contributed by atoms with Gasteiger partial charge >= 0.3 is 0 Å². The van der Waals surface area contributed by atoms with Crippen LogP contribution in [0.15, 0.2) is 24.3 Å². The van der Waals surface area contributed by atoms with Crippen molar-refractivity contribution in [1.29, 1.82) is 0 Å². The summed E-state index contributed by atoms with van der Waals surface area (Å²) in [6.07, 6.45) is 4.21. The van der Waals surface area contributed by atoms with Crippen LogP contribution in [0.25, 0.3) is 0 Å². The number of carbonyl (C=O) groups excluding carboxylic acids is 1. The third-order valence-electron chi connectivity index (χ3n) is 6.16. The van der Waals surface area contributed by atoms with Crippen LogP contribution >= 0.6 is 0 Å². The summed E-state index contributed by atoms with van der Waals surface area (Å²) < 4.78 is 21.8. The van der Waals surface area contributed by atoms with Crippen LogP contribution in [0.2, 0.25) is 0 Å². The second-order valence-corrected chi connectivity index (χ2v) is 7.99. The van der Waals surface area contributed by atoms with E-state index in [1.54, 1.807) is 12.1 Å². The Morgan fingerprint density at radius 2 is 1.93 bits per heavy atom. The zero-order valence-electron chi connectivity index (χ0n) is 17.2. The number of morpholine rings is 1. The van der Waals surface area contributed by atoms with Gasteiger partial charge in [-0.3, -0.25) is 9.69 Å². The van der Waals surface area contributed by atoms with Crippen LogP contribution in [0.1, 0.15) is 45.7 Å². The first kappa shape index (κ1) is 20.1. The SMILES string of the molecule is Cc1c2c(n(Cc3ccccc3F)c1C(=O)NCCN1CCOCC1)CCCC2. The number of carbonyl (C=O) groups is 1. The maximum atomic E-state index is 14.3. The molecular formula is C23H30FN3O2. The highest BCUT2D eigenvalue weighted by molar-refractivity contribution is 5.95. The molecule has 1 amide bonds. The molecule has 2 aromatic rings. The molecule has 0 spiro atoms. The van der Waals surface area contributed by atoms with Crippen molar-refractivity contribution in [2.75, 3.05) is 39.4 Å². The predicted octanol–water partition coefficient (Wildman–Crippen LogP) is 2.92. The highest BCUT2D eigenvalue weighted by atomic mass is 19.1. The fourth-order valence-corrected chi connectivity index (χ4v) is 4.57. The van der Waals surface area contributed by atoms with Gasteiger partial charge in [0.1, 0.15) is 11.5 Å². The summed E-state index contributed by atoms with van der Waals surface area (Å²) in [7, 11) is 0.